The van der Waals surface area contributed by atoms with Gasteiger partial charge in [-0.05, 0) is 50.6 Å². The number of piperidine rings is 1. The van der Waals surface area contributed by atoms with E-state index < -0.39 is 0 Å². The number of nitrogens with one attached hydrogen (secondary N) is 1. The van der Waals surface area contributed by atoms with Gasteiger partial charge < -0.3 is 0 Å². The fourth-order valence-corrected chi connectivity index (χ4v) is 4.14. The number of amides is 1. The zero-order chi connectivity index (χ0) is 19.3. The SMILES string of the molecule is Cc1ccc(-c2nnc(NC(=O)c3ccc(CN4CCCCC4)cc3)s2)cc1. The zero-order valence-electron chi connectivity index (χ0n) is 16.0. The van der Waals surface area contributed by atoms with Crippen molar-refractivity contribution in [2.75, 3.05) is 18.4 Å². The number of carbonyl (C=O) groups is 1. The summed E-state index contributed by atoms with van der Waals surface area (Å²) in [7, 11) is 0. The monoisotopic (exact) mass is 392 g/mol. The predicted molar refractivity (Wildman–Crippen MR) is 114 cm³/mol. The molecule has 0 aliphatic carbocycles. The Labute approximate surface area is 169 Å². The van der Waals surface area contributed by atoms with Gasteiger partial charge in [0, 0.05) is 17.7 Å². The van der Waals surface area contributed by atoms with Crippen LogP contribution in [-0.4, -0.2) is 34.1 Å². The number of hydrogen-bond donors (Lipinski definition) is 1. The molecule has 144 valence electrons. The number of carbonyl (C=O) groups excluding carboxylic acids is 1. The minimum absolute atomic E-state index is 0.156. The highest BCUT2D eigenvalue weighted by Gasteiger charge is 2.13. The van der Waals surface area contributed by atoms with Crippen molar-refractivity contribution < 1.29 is 4.79 Å². The quantitative estimate of drug-likeness (QED) is 0.681. The van der Waals surface area contributed by atoms with E-state index in [0.29, 0.717) is 10.7 Å². The molecule has 1 saturated heterocycles. The van der Waals surface area contributed by atoms with E-state index in [0.717, 1.165) is 17.1 Å². The molecule has 0 atom stereocenters. The lowest BCUT2D eigenvalue weighted by molar-refractivity contribution is 0.102. The molecule has 3 aromatic rings. The normalized spacial score (nSPS) is 14.8. The van der Waals surface area contributed by atoms with Crippen LogP contribution in [0.3, 0.4) is 0 Å². The lowest BCUT2D eigenvalue weighted by Crippen LogP contribution is -2.29. The van der Waals surface area contributed by atoms with Gasteiger partial charge in [0.15, 0.2) is 0 Å². The standard InChI is InChI=1S/C22H24N4OS/c1-16-5-9-19(10-6-16)21-24-25-22(28-21)23-20(27)18-11-7-17(8-12-18)15-26-13-3-2-4-14-26/h5-12H,2-4,13-15H2,1H3,(H,23,25,27). The summed E-state index contributed by atoms with van der Waals surface area (Å²) in [5.74, 6) is -0.156. The van der Waals surface area contributed by atoms with Crippen LogP contribution < -0.4 is 5.32 Å². The third-order valence-electron chi connectivity index (χ3n) is 5.01. The van der Waals surface area contributed by atoms with Crippen molar-refractivity contribution in [2.24, 2.45) is 0 Å². The fourth-order valence-electron chi connectivity index (χ4n) is 3.39. The first-order valence-electron chi connectivity index (χ1n) is 9.70. The van der Waals surface area contributed by atoms with E-state index in [1.165, 1.54) is 54.8 Å². The molecule has 0 radical (unpaired) electrons. The Morgan fingerprint density at radius 1 is 1.00 bits per heavy atom. The number of likely N-dealkylation sites (tertiary alicyclic amines) is 1. The van der Waals surface area contributed by atoms with Crippen LogP contribution in [0, 0.1) is 6.92 Å². The Bertz CT molecular complexity index is 928. The van der Waals surface area contributed by atoms with Crippen LogP contribution in [0.15, 0.2) is 48.5 Å². The molecule has 0 bridgehead atoms. The molecule has 2 heterocycles. The van der Waals surface area contributed by atoms with Gasteiger partial charge in [0.25, 0.3) is 5.91 Å². The van der Waals surface area contributed by atoms with Crippen LogP contribution in [0.4, 0.5) is 5.13 Å². The van der Waals surface area contributed by atoms with Crippen LogP contribution >= 0.6 is 11.3 Å². The molecule has 28 heavy (non-hydrogen) atoms. The average molecular weight is 393 g/mol. The largest absolute Gasteiger partial charge is 0.299 e. The van der Waals surface area contributed by atoms with E-state index in [1.807, 2.05) is 55.5 Å². The van der Waals surface area contributed by atoms with Gasteiger partial charge in [-0.1, -0.05) is 59.7 Å². The number of anilines is 1. The second-order valence-electron chi connectivity index (χ2n) is 7.27. The van der Waals surface area contributed by atoms with Crippen molar-refractivity contribution in [2.45, 2.75) is 32.7 Å². The Hall–Kier alpha value is -2.57. The number of aryl methyl sites for hydroxylation is 1. The molecule has 2 aromatic carbocycles. The molecule has 5 nitrogen and oxygen atoms in total. The summed E-state index contributed by atoms with van der Waals surface area (Å²) in [6.45, 7) is 5.34. The van der Waals surface area contributed by atoms with E-state index in [9.17, 15) is 4.79 Å². The molecule has 1 aliphatic rings. The lowest BCUT2D eigenvalue weighted by Gasteiger charge is -2.26. The summed E-state index contributed by atoms with van der Waals surface area (Å²) in [4.78, 5) is 15.0. The van der Waals surface area contributed by atoms with Crippen molar-refractivity contribution in [3.63, 3.8) is 0 Å². The molecule has 1 amide bonds. The molecular weight excluding hydrogens is 368 g/mol. The van der Waals surface area contributed by atoms with Crippen LogP contribution in [0.2, 0.25) is 0 Å². The Morgan fingerprint density at radius 2 is 1.71 bits per heavy atom. The van der Waals surface area contributed by atoms with E-state index in [1.54, 1.807) is 0 Å². The number of aromatic nitrogens is 2. The van der Waals surface area contributed by atoms with E-state index >= 15 is 0 Å². The second-order valence-corrected chi connectivity index (χ2v) is 8.24. The van der Waals surface area contributed by atoms with Crippen molar-refractivity contribution in [1.82, 2.24) is 15.1 Å². The first-order valence-corrected chi connectivity index (χ1v) is 10.5. The van der Waals surface area contributed by atoms with Crippen molar-refractivity contribution in [3.05, 3.63) is 65.2 Å². The molecular formula is C22H24N4OS. The number of nitrogens with zero attached hydrogens (tertiary/aromatic N) is 3. The maximum absolute atomic E-state index is 12.5. The van der Waals surface area contributed by atoms with E-state index in [4.69, 9.17) is 0 Å². The van der Waals surface area contributed by atoms with Gasteiger partial charge in [0.05, 0.1) is 0 Å². The molecule has 1 aliphatic heterocycles. The van der Waals surface area contributed by atoms with Crippen molar-refractivity contribution in [1.29, 1.82) is 0 Å². The number of hydrogen-bond acceptors (Lipinski definition) is 5. The summed E-state index contributed by atoms with van der Waals surface area (Å²) in [6, 6.07) is 16.0. The number of benzene rings is 2. The fraction of sp³-hybridized carbons (Fsp3) is 0.318. The Kier molecular flexibility index (Phi) is 5.78. The Balaban J connectivity index is 1.37. The van der Waals surface area contributed by atoms with Crippen molar-refractivity contribution >= 4 is 22.4 Å². The summed E-state index contributed by atoms with van der Waals surface area (Å²) < 4.78 is 0. The highest BCUT2D eigenvalue weighted by molar-refractivity contribution is 7.18. The molecule has 6 heteroatoms. The van der Waals surface area contributed by atoms with Gasteiger partial charge in [0.1, 0.15) is 5.01 Å². The number of rotatable bonds is 5. The molecule has 0 saturated carbocycles. The summed E-state index contributed by atoms with van der Waals surface area (Å²) in [5, 5.41) is 12.5. The maximum Gasteiger partial charge on any atom is 0.257 e. The Morgan fingerprint density at radius 3 is 2.43 bits per heavy atom. The van der Waals surface area contributed by atoms with Crippen molar-refractivity contribution in [3.8, 4) is 10.6 Å². The highest BCUT2D eigenvalue weighted by Crippen LogP contribution is 2.26. The summed E-state index contributed by atoms with van der Waals surface area (Å²) >= 11 is 1.38. The third kappa shape index (κ3) is 4.64. The molecule has 0 unspecified atom stereocenters. The van der Waals surface area contributed by atoms with Gasteiger partial charge in [-0.25, -0.2) is 0 Å². The first kappa shape index (κ1) is 18.8. The summed E-state index contributed by atoms with van der Waals surface area (Å²) in [5.41, 5.74) is 4.08. The van der Waals surface area contributed by atoms with Gasteiger partial charge in [-0.15, -0.1) is 10.2 Å². The van der Waals surface area contributed by atoms with Crippen LogP contribution in [0.5, 0.6) is 0 Å². The van der Waals surface area contributed by atoms with Crippen LogP contribution in [-0.2, 0) is 6.54 Å². The lowest BCUT2D eigenvalue weighted by atomic mass is 10.1. The predicted octanol–water partition coefficient (Wildman–Crippen LogP) is 4.75. The van der Waals surface area contributed by atoms with E-state index in [2.05, 4.69) is 20.4 Å². The van der Waals surface area contributed by atoms with Crippen LogP contribution in [0.25, 0.3) is 10.6 Å². The van der Waals surface area contributed by atoms with E-state index in [-0.39, 0.29) is 5.91 Å². The second kappa shape index (κ2) is 8.63. The highest BCUT2D eigenvalue weighted by atomic mass is 32.1. The minimum Gasteiger partial charge on any atom is -0.299 e. The van der Waals surface area contributed by atoms with Crippen LogP contribution in [0.1, 0.15) is 40.7 Å². The molecule has 1 aromatic heterocycles. The first-order chi connectivity index (χ1) is 13.7. The molecule has 4 rings (SSSR count). The smallest absolute Gasteiger partial charge is 0.257 e. The molecule has 1 N–H and O–H groups in total. The van der Waals surface area contributed by atoms with Gasteiger partial charge >= 0.3 is 0 Å². The van der Waals surface area contributed by atoms with Gasteiger partial charge in [0.2, 0.25) is 5.13 Å². The molecule has 1 fully saturated rings. The average Bonchev–Trinajstić information content (AvgIpc) is 3.18. The maximum atomic E-state index is 12.5. The van der Waals surface area contributed by atoms with Gasteiger partial charge in [-0.2, -0.15) is 0 Å². The third-order valence-corrected chi connectivity index (χ3v) is 5.90. The topological polar surface area (TPSA) is 58.1 Å². The minimum atomic E-state index is -0.156. The summed E-state index contributed by atoms with van der Waals surface area (Å²) in [6.07, 6.45) is 3.91. The molecule has 0 spiro atoms. The van der Waals surface area contributed by atoms with Gasteiger partial charge in [-0.3, -0.25) is 15.0 Å². The zero-order valence-corrected chi connectivity index (χ0v) is 16.8.